The molecule has 0 aliphatic carbocycles. The van der Waals surface area contributed by atoms with E-state index in [1.54, 1.807) is 0 Å². The van der Waals surface area contributed by atoms with E-state index in [9.17, 15) is 13.2 Å². The van der Waals surface area contributed by atoms with Crippen LogP contribution in [-0.2, 0) is 20.6 Å². The summed E-state index contributed by atoms with van der Waals surface area (Å²) in [6.07, 6.45) is 1.03. The maximum absolute atomic E-state index is 13.2. The standard InChI is InChI=1S/C27H29BrN2O3S/c1-20-10-12-23(13-11-20)26(22-7-3-2-4-8-22)29-27(31)24-14-16-30(17-15-24)34(32,33)19-21-6-5-9-25(28)18-21/h2-13,18,24,26H,14-17,19H2,1H3,(H,29,31)/t26-/m1/s1. The normalized spacial score (nSPS) is 16.2. The van der Waals surface area contributed by atoms with Crippen molar-refractivity contribution >= 4 is 31.9 Å². The summed E-state index contributed by atoms with van der Waals surface area (Å²) in [5.74, 6) is -0.278. The predicted molar refractivity (Wildman–Crippen MR) is 139 cm³/mol. The van der Waals surface area contributed by atoms with Gasteiger partial charge in [0.25, 0.3) is 0 Å². The molecule has 3 aromatic rings. The number of hydrogen-bond acceptors (Lipinski definition) is 3. The predicted octanol–water partition coefficient (Wildman–Crippen LogP) is 5.21. The Morgan fingerprint density at radius 3 is 2.26 bits per heavy atom. The summed E-state index contributed by atoms with van der Waals surface area (Å²) in [5, 5.41) is 3.23. The number of hydrogen-bond donors (Lipinski definition) is 1. The molecule has 3 aromatic carbocycles. The summed E-state index contributed by atoms with van der Waals surface area (Å²) < 4.78 is 28.2. The van der Waals surface area contributed by atoms with E-state index in [1.165, 1.54) is 9.87 Å². The lowest BCUT2D eigenvalue weighted by molar-refractivity contribution is -0.126. The van der Waals surface area contributed by atoms with Gasteiger partial charge in [-0.2, -0.15) is 0 Å². The van der Waals surface area contributed by atoms with E-state index < -0.39 is 10.0 Å². The minimum absolute atomic E-state index is 0.0292. The molecule has 1 aliphatic rings. The number of carbonyl (C=O) groups is 1. The zero-order valence-corrected chi connectivity index (χ0v) is 21.6. The fourth-order valence-electron chi connectivity index (χ4n) is 4.35. The van der Waals surface area contributed by atoms with Crippen molar-refractivity contribution in [2.24, 2.45) is 5.92 Å². The Morgan fingerprint density at radius 2 is 1.62 bits per heavy atom. The number of piperidine rings is 1. The van der Waals surface area contributed by atoms with Gasteiger partial charge in [0.05, 0.1) is 11.8 Å². The van der Waals surface area contributed by atoms with Crippen LogP contribution < -0.4 is 5.32 Å². The lowest BCUT2D eigenvalue weighted by atomic mass is 9.94. The molecule has 0 saturated carbocycles. The average molecular weight is 542 g/mol. The van der Waals surface area contributed by atoms with Crippen molar-refractivity contribution in [1.82, 2.24) is 9.62 Å². The molecule has 1 aliphatic heterocycles. The second-order valence-electron chi connectivity index (χ2n) is 8.82. The molecular formula is C27H29BrN2O3S. The highest BCUT2D eigenvalue weighted by Gasteiger charge is 2.32. The SMILES string of the molecule is Cc1ccc([C@H](NC(=O)C2CCN(S(=O)(=O)Cc3cccc(Br)c3)CC2)c2ccccc2)cc1. The average Bonchev–Trinajstić information content (AvgIpc) is 2.83. The van der Waals surface area contributed by atoms with Gasteiger partial charge < -0.3 is 5.32 Å². The topological polar surface area (TPSA) is 66.5 Å². The number of amides is 1. The lowest BCUT2D eigenvalue weighted by Crippen LogP contribution is -2.44. The van der Waals surface area contributed by atoms with Gasteiger partial charge >= 0.3 is 0 Å². The first kappa shape index (κ1) is 24.6. The van der Waals surface area contributed by atoms with Gasteiger partial charge in [0.2, 0.25) is 15.9 Å². The van der Waals surface area contributed by atoms with Crippen LogP contribution in [0, 0.1) is 12.8 Å². The number of aryl methyl sites for hydroxylation is 1. The van der Waals surface area contributed by atoms with Gasteiger partial charge in [0, 0.05) is 23.5 Å². The molecule has 1 saturated heterocycles. The molecule has 178 valence electrons. The van der Waals surface area contributed by atoms with Gasteiger partial charge in [-0.25, -0.2) is 12.7 Å². The summed E-state index contributed by atoms with van der Waals surface area (Å²) in [6, 6.07) is 25.2. The first-order chi connectivity index (χ1) is 16.3. The van der Waals surface area contributed by atoms with Gasteiger partial charge in [-0.05, 0) is 48.6 Å². The second-order valence-corrected chi connectivity index (χ2v) is 11.7. The zero-order valence-electron chi connectivity index (χ0n) is 19.2. The Hall–Kier alpha value is -2.48. The van der Waals surface area contributed by atoms with Gasteiger partial charge in [0.1, 0.15) is 0 Å². The largest absolute Gasteiger partial charge is 0.345 e. The van der Waals surface area contributed by atoms with Crippen molar-refractivity contribution in [3.63, 3.8) is 0 Å². The van der Waals surface area contributed by atoms with E-state index in [1.807, 2.05) is 85.8 Å². The molecule has 1 amide bonds. The van der Waals surface area contributed by atoms with E-state index in [0.29, 0.717) is 25.9 Å². The van der Waals surface area contributed by atoms with Crippen molar-refractivity contribution in [3.8, 4) is 0 Å². The Bertz CT molecular complexity index is 1220. The van der Waals surface area contributed by atoms with Gasteiger partial charge in [-0.3, -0.25) is 4.79 Å². The van der Waals surface area contributed by atoms with E-state index in [4.69, 9.17) is 0 Å². The van der Waals surface area contributed by atoms with Crippen LogP contribution in [0.5, 0.6) is 0 Å². The molecule has 1 fully saturated rings. The van der Waals surface area contributed by atoms with E-state index >= 15 is 0 Å². The van der Waals surface area contributed by atoms with Crippen molar-refractivity contribution in [3.05, 3.63) is 106 Å². The molecule has 1 heterocycles. The van der Waals surface area contributed by atoms with Crippen LogP contribution in [-0.4, -0.2) is 31.7 Å². The van der Waals surface area contributed by atoms with Crippen molar-refractivity contribution in [2.75, 3.05) is 13.1 Å². The van der Waals surface area contributed by atoms with Gasteiger partial charge in [0.15, 0.2) is 0 Å². The Balaban J connectivity index is 1.41. The molecule has 1 atom stereocenters. The summed E-state index contributed by atoms with van der Waals surface area (Å²) >= 11 is 3.39. The third-order valence-electron chi connectivity index (χ3n) is 6.29. The monoisotopic (exact) mass is 540 g/mol. The molecule has 0 bridgehead atoms. The maximum Gasteiger partial charge on any atom is 0.223 e. The summed E-state index contributed by atoms with van der Waals surface area (Å²) in [4.78, 5) is 13.2. The number of carbonyl (C=O) groups excluding carboxylic acids is 1. The third-order valence-corrected chi connectivity index (χ3v) is 8.63. The first-order valence-electron chi connectivity index (χ1n) is 11.5. The fourth-order valence-corrected chi connectivity index (χ4v) is 6.35. The van der Waals surface area contributed by atoms with Crippen LogP contribution in [0.2, 0.25) is 0 Å². The highest BCUT2D eigenvalue weighted by molar-refractivity contribution is 9.10. The highest BCUT2D eigenvalue weighted by atomic mass is 79.9. The second kappa shape index (κ2) is 10.8. The Kier molecular flexibility index (Phi) is 7.86. The molecule has 0 radical (unpaired) electrons. The molecular weight excluding hydrogens is 512 g/mol. The minimum atomic E-state index is -3.43. The minimum Gasteiger partial charge on any atom is -0.345 e. The van der Waals surface area contributed by atoms with Crippen LogP contribution >= 0.6 is 15.9 Å². The zero-order chi connectivity index (χ0) is 24.1. The Labute approximate surface area is 210 Å². The number of nitrogens with zero attached hydrogens (tertiary/aromatic N) is 1. The van der Waals surface area contributed by atoms with Crippen molar-refractivity contribution in [2.45, 2.75) is 31.6 Å². The highest BCUT2D eigenvalue weighted by Crippen LogP contribution is 2.26. The van der Waals surface area contributed by atoms with E-state index in [2.05, 4.69) is 21.2 Å². The van der Waals surface area contributed by atoms with Gasteiger partial charge in [-0.15, -0.1) is 0 Å². The molecule has 0 aromatic heterocycles. The van der Waals surface area contributed by atoms with Crippen molar-refractivity contribution in [1.29, 1.82) is 0 Å². The van der Waals surface area contributed by atoms with Crippen LogP contribution in [0.3, 0.4) is 0 Å². The third kappa shape index (κ3) is 6.14. The molecule has 0 spiro atoms. The summed E-state index contributed by atoms with van der Waals surface area (Å²) in [7, 11) is -3.43. The molecule has 34 heavy (non-hydrogen) atoms. The lowest BCUT2D eigenvalue weighted by Gasteiger charge is -2.31. The molecule has 5 nitrogen and oxygen atoms in total. The van der Waals surface area contributed by atoms with Crippen LogP contribution in [0.25, 0.3) is 0 Å². The molecule has 0 unspecified atom stereocenters. The van der Waals surface area contributed by atoms with Crippen LogP contribution in [0.4, 0.5) is 0 Å². The van der Waals surface area contributed by atoms with E-state index in [-0.39, 0.29) is 23.6 Å². The summed E-state index contributed by atoms with van der Waals surface area (Å²) in [6.45, 7) is 2.75. The molecule has 1 N–H and O–H groups in total. The van der Waals surface area contributed by atoms with E-state index in [0.717, 1.165) is 21.2 Å². The van der Waals surface area contributed by atoms with Crippen LogP contribution in [0.1, 0.15) is 41.1 Å². The number of halogens is 1. The van der Waals surface area contributed by atoms with Gasteiger partial charge in [-0.1, -0.05) is 88.2 Å². The number of benzene rings is 3. The first-order valence-corrected chi connectivity index (χ1v) is 13.9. The molecule has 4 rings (SSSR count). The van der Waals surface area contributed by atoms with Crippen molar-refractivity contribution < 1.29 is 13.2 Å². The van der Waals surface area contributed by atoms with Crippen LogP contribution in [0.15, 0.2) is 83.3 Å². The fraction of sp³-hybridized carbons (Fsp3) is 0.296. The number of sulfonamides is 1. The number of nitrogens with one attached hydrogen (secondary N) is 1. The number of rotatable bonds is 7. The summed E-state index contributed by atoms with van der Waals surface area (Å²) in [5.41, 5.74) is 3.96. The molecule has 7 heteroatoms. The Morgan fingerprint density at radius 1 is 0.971 bits per heavy atom. The smallest absolute Gasteiger partial charge is 0.223 e. The maximum atomic E-state index is 13.2. The quantitative estimate of drug-likeness (QED) is 0.447.